The second-order valence-corrected chi connectivity index (χ2v) is 6.42. The molecule has 3 nitrogen and oxygen atoms in total. The minimum Gasteiger partial charge on any atom is -0.322 e. The normalized spacial score (nSPS) is 10.7. The first-order valence-corrected chi connectivity index (χ1v) is 8.07. The number of aromatic nitrogens is 1. The molecule has 0 aliphatic rings. The summed E-state index contributed by atoms with van der Waals surface area (Å²) in [5, 5.41) is 3.98. The molecule has 1 amide bonds. The minimum atomic E-state index is -0.116. The Balaban J connectivity index is 2.04. The van der Waals surface area contributed by atoms with Gasteiger partial charge in [0.25, 0.3) is 5.91 Å². The quantitative estimate of drug-likeness (QED) is 0.631. The van der Waals surface area contributed by atoms with Gasteiger partial charge in [0, 0.05) is 14.6 Å². The van der Waals surface area contributed by atoms with Crippen LogP contribution in [0.3, 0.4) is 0 Å². The minimum absolute atomic E-state index is 0.116. The molecule has 2 aromatic carbocycles. The van der Waals surface area contributed by atoms with Crippen molar-refractivity contribution in [2.24, 2.45) is 0 Å². The van der Waals surface area contributed by atoms with E-state index in [2.05, 4.69) is 32.9 Å². The van der Waals surface area contributed by atoms with E-state index in [1.54, 1.807) is 0 Å². The van der Waals surface area contributed by atoms with E-state index in [0.29, 0.717) is 5.56 Å². The third-order valence-corrected chi connectivity index (χ3v) is 4.31. The van der Waals surface area contributed by atoms with Gasteiger partial charge in [-0.15, -0.1) is 0 Å². The summed E-state index contributed by atoms with van der Waals surface area (Å²) in [7, 11) is 0. The van der Waals surface area contributed by atoms with Crippen LogP contribution in [0, 0.1) is 17.4 Å². The number of benzene rings is 2. The first-order chi connectivity index (χ1) is 10.6. The number of carbonyl (C=O) groups is 1. The molecule has 3 rings (SSSR count). The molecule has 0 saturated carbocycles. The number of nitrogens with one attached hydrogen (secondary N) is 1. The van der Waals surface area contributed by atoms with Gasteiger partial charge in [0.15, 0.2) is 0 Å². The van der Waals surface area contributed by atoms with Gasteiger partial charge in [-0.2, -0.15) is 0 Å². The average Bonchev–Trinajstić information content (AvgIpc) is 2.47. The molecule has 0 aliphatic heterocycles. The highest BCUT2D eigenvalue weighted by atomic mass is 127. The van der Waals surface area contributed by atoms with Crippen molar-refractivity contribution < 1.29 is 4.79 Å². The lowest BCUT2D eigenvalue weighted by Crippen LogP contribution is -2.16. The van der Waals surface area contributed by atoms with Crippen molar-refractivity contribution in [1.82, 2.24) is 4.98 Å². The van der Waals surface area contributed by atoms with Crippen molar-refractivity contribution in [1.29, 1.82) is 0 Å². The summed E-state index contributed by atoms with van der Waals surface area (Å²) in [5.41, 5.74) is 4.08. The van der Waals surface area contributed by atoms with Crippen LogP contribution in [0.4, 0.5) is 5.69 Å². The molecule has 0 unspecified atom stereocenters. The Kier molecular flexibility index (Phi) is 4.11. The van der Waals surface area contributed by atoms with Gasteiger partial charge in [-0.1, -0.05) is 24.3 Å². The second kappa shape index (κ2) is 6.04. The van der Waals surface area contributed by atoms with Crippen LogP contribution in [0.2, 0.25) is 0 Å². The van der Waals surface area contributed by atoms with Crippen LogP contribution in [-0.2, 0) is 0 Å². The summed E-state index contributed by atoms with van der Waals surface area (Å²) in [4.78, 5) is 17.2. The predicted octanol–water partition coefficient (Wildman–Crippen LogP) is 4.71. The van der Waals surface area contributed by atoms with Crippen LogP contribution in [0.25, 0.3) is 10.9 Å². The van der Waals surface area contributed by atoms with Crippen LogP contribution in [0.1, 0.15) is 21.6 Å². The van der Waals surface area contributed by atoms with Crippen molar-refractivity contribution in [2.45, 2.75) is 13.8 Å². The van der Waals surface area contributed by atoms with Crippen LogP contribution >= 0.6 is 22.6 Å². The number of aryl methyl sites for hydroxylation is 2. The standard InChI is InChI=1S/C18H15IN2O/c1-11-15-8-3-4-9-16(15)20-12(2)17(11)18(22)21-14-7-5-6-13(19)10-14/h3-10H,1-2H3,(H,21,22). The van der Waals surface area contributed by atoms with Crippen molar-refractivity contribution in [3.63, 3.8) is 0 Å². The molecule has 1 heterocycles. The van der Waals surface area contributed by atoms with E-state index in [-0.39, 0.29) is 5.91 Å². The Morgan fingerprint density at radius 3 is 2.64 bits per heavy atom. The molecule has 4 heteroatoms. The fourth-order valence-electron chi connectivity index (χ4n) is 2.63. The zero-order valence-electron chi connectivity index (χ0n) is 12.4. The topological polar surface area (TPSA) is 42.0 Å². The van der Waals surface area contributed by atoms with Crippen molar-refractivity contribution in [3.8, 4) is 0 Å². The number of pyridine rings is 1. The lowest BCUT2D eigenvalue weighted by Gasteiger charge is -2.12. The molecule has 22 heavy (non-hydrogen) atoms. The van der Waals surface area contributed by atoms with E-state index in [0.717, 1.165) is 31.4 Å². The maximum Gasteiger partial charge on any atom is 0.257 e. The number of rotatable bonds is 2. The molecule has 0 spiro atoms. The fourth-order valence-corrected chi connectivity index (χ4v) is 3.17. The summed E-state index contributed by atoms with van der Waals surface area (Å²) in [5.74, 6) is -0.116. The number of anilines is 1. The van der Waals surface area contributed by atoms with Crippen molar-refractivity contribution in [2.75, 3.05) is 5.32 Å². The van der Waals surface area contributed by atoms with Gasteiger partial charge in [-0.25, -0.2) is 0 Å². The maximum atomic E-state index is 12.7. The van der Waals surface area contributed by atoms with E-state index < -0.39 is 0 Å². The zero-order chi connectivity index (χ0) is 15.7. The van der Waals surface area contributed by atoms with Crippen LogP contribution in [0.15, 0.2) is 48.5 Å². The second-order valence-electron chi connectivity index (χ2n) is 5.18. The average molecular weight is 402 g/mol. The van der Waals surface area contributed by atoms with Gasteiger partial charge in [-0.05, 0) is 66.3 Å². The molecule has 0 atom stereocenters. The summed E-state index contributed by atoms with van der Waals surface area (Å²) in [6, 6.07) is 15.6. The first-order valence-electron chi connectivity index (χ1n) is 6.99. The Morgan fingerprint density at radius 1 is 1.09 bits per heavy atom. The number of amides is 1. The number of hydrogen-bond donors (Lipinski definition) is 1. The number of nitrogens with zero attached hydrogens (tertiary/aromatic N) is 1. The molecule has 0 bridgehead atoms. The SMILES string of the molecule is Cc1nc2ccccc2c(C)c1C(=O)Nc1cccc(I)c1. The molecule has 0 radical (unpaired) electrons. The van der Waals surface area contributed by atoms with Gasteiger partial charge < -0.3 is 5.32 Å². The third-order valence-electron chi connectivity index (χ3n) is 3.64. The Hall–Kier alpha value is -1.95. The highest BCUT2D eigenvalue weighted by Gasteiger charge is 2.16. The number of hydrogen-bond acceptors (Lipinski definition) is 2. The van der Waals surface area contributed by atoms with Gasteiger partial charge in [-0.3, -0.25) is 9.78 Å². The highest BCUT2D eigenvalue weighted by Crippen LogP contribution is 2.23. The summed E-state index contributed by atoms with van der Waals surface area (Å²) < 4.78 is 1.08. The molecular weight excluding hydrogens is 387 g/mol. The first kappa shape index (κ1) is 15.0. The van der Waals surface area contributed by atoms with Crippen LogP contribution in [-0.4, -0.2) is 10.9 Å². The Morgan fingerprint density at radius 2 is 1.86 bits per heavy atom. The lowest BCUT2D eigenvalue weighted by atomic mass is 10.0. The summed E-state index contributed by atoms with van der Waals surface area (Å²) >= 11 is 2.23. The maximum absolute atomic E-state index is 12.7. The number of halogens is 1. The molecule has 0 aliphatic carbocycles. The number of fused-ring (bicyclic) bond motifs is 1. The van der Waals surface area contributed by atoms with Crippen molar-refractivity contribution in [3.05, 3.63) is 68.9 Å². The van der Waals surface area contributed by atoms with Crippen LogP contribution < -0.4 is 5.32 Å². The van der Waals surface area contributed by atoms with Crippen LogP contribution in [0.5, 0.6) is 0 Å². The largest absolute Gasteiger partial charge is 0.322 e. The monoisotopic (exact) mass is 402 g/mol. The molecular formula is C18H15IN2O. The van der Waals surface area contributed by atoms with Gasteiger partial charge >= 0.3 is 0 Å². The molecule has 3 aromatic rings. The number of carbonyl (C=O) groups excluding carboxylic acids is 1. The summed E-state index contributed by atoms with van der Waals surface area (Å²) in [6.07, 6.45) is 0. The predicted molar refractivity (Wildman–Crippen MR) is 98.3 cm³/mol. The summed E-state index contributed by atoms with van der Waals surface area (Å²) in [6.45, 7) is 3.85. The van der Waals surface area contributed by atoms with E-state index in [1.807, 2.05) is 62.4 Å². The Labute approximate surface area is 142 Å². The van der Waals surface area contributed by atoms with Gasteiger partial charge in [0.2, 0.25) is 0 Å². The lowest BCUT2D eigenvalue weighted by molar-refractivity contribution is 0.102. The Bertz CT molecular complexity index is 874. The molecule has 1 N–H and O–H groups in total. The fraction of sp³-hybridized carbons (Fsp3) is 0.111. The van der Waals surface area contributed by atoms with Gasteiger partial charge in [0.05, 0.1) is 16.8 Å². The van der Waals surface area contributed by atoms with E-state index >= 15 is 0 Å². The molecule has 0 saturated heterocycles. The molecule has 0 fully saturated rings. The van der Waals surface area contributed by atoms with E-state index in [9.17, 15) is 4.79 Å². The van der Waals surface area contributed by atoms with E-state index in [1.165, 1.54) is 0 Å². The van der Waals surface area contributed by atoms with Crippen molar-refractivity contribution >= 4 is 45.1 Å². The zero-order valence-corrected chi connectivity index (χ0v) is 14.5. The third kappa shape index (κ3) is 2.83. The molecule has 110 valence electrons. The highest BCUT2D eigenvalue weighted by molar-refractivity contribution is 14.1. The van der Waals surface area contributed by atoms with Gasteiger partial charge in [0.1, 0.15) is 0 Å². The van der Waals surface area contributed by atoms with E-state index in [4.69, 9.17) is 0 Å². The smallest absolute Gasteiger partial charge is 0.257 e. The number of para-hydroxylation sites is 1. The molecule has 1 aromatic heterocycles.